The van der Waals surface area contributed by atoms with Crippen LogP contribution in [0.2, 0.25) is 0 Å². The minimum atomic E-state index is -3.75. The molecule has 0 saturated carbocycles. The average Bonchev–Trinajstić information content (AvgIpc) is 3.29. The van der Waals surface area contributed by atoms with Gasteiger partial charge in [0.1, 0.15) is 0 Å². The van der Waals surface area contributed by atoms with Gasteiger partial charge in [-0.3, -0.25) is 9.52 Å². The van der Waals surface area contributed by atoms with Crippen LogP contribution >= 0.6 is 0 Å². The fourth-order valence-corrected chi connectivity index (χ4v) is 5.34. The lowest BCUT2D eigenvalue weighted by Crippen LogP contribution is -2.45. The minimum absolute atomic E-state index is 0.0957. The molecule has 0 unspecified atom stereocenters. The Kier molecular flexibility index (Phi) is 5.87. The number of hydrogen-bond acceptors (Lipinski definition) is 4. The summed E-state index contributed by atoms with van der Waals surface area (Å²) < 4.78 is 28.0. The highest BCUT2D eigenvalue weighted by Gasteiger charge is 2.29. The van der Waals surface area contributed by atoms with Gasteiger partial charge in [-0.05, 0) is 69.1 Å². The Labute approximate surface area is 172 Å². The Morgan fingerprint density at radius 3 is 2.28 bits per heavy atom. The molecule has 2 fully saturated rings. The van der Waals surface area contributed by atoms with Crippen LogP contribution in [0.4, 0.5) is 5.69 Å². The van der Waals surface area contributed by atoms with Crippen molar-refractivity contribution in [3.05, 3.63) is 60.2 Å². The van der Waals surface area contributed by atoms with E-state index >= 15 is 0 Å². The van der Waals surface area contributed by atoms with Crippen molar-refractivity contribution in [2.24, 2.45) is 0 Å². The van der Waals surface area contributed by atoms with Crippen molar-refractivity contribution in [2.45, 2.75) is 36.6 Å². The number of amides is 1. The average molecular weight is 414 g/mol. The Bertz CT molecular complexity index is 948. The molecule has 2 aliphatic heterocycles. The number of benzene rings is 2. The molecule has 154 valence electrons. The Balaban J connectivity index is 1.43. The molecule has 1 amide bonds. The maximum atomic E-state index is 13.0. The minimum Gasteiger partial charge on any atom is -0.339 e. The zero-order valence-corrected chi connectivity index (χ0v) is 17.3. The van der Waals surface area contributed by atoms with Gasteiger partial charge in [0.05, 0.1) is 4.90 Å². The van der Waals surface area contributed by atoms with Gasteiger partial charge >= 0.3 is 0 Å². The van der Waals surface area contributed by atoms with Crippen LogP contribution in [0.3, 0.4) is 0 Å². The largest absolute Gasteiger partial charge is 0.339 e. The van der Waals surface area contributed by atoms with E-state index in [1.165, 1.54) is 38.1 Å². The van der Waals surface area contributed by atoms with E-state index in [2.05, 4.69) is 9.62 Å². The third-order valence-corrected chi connectivity index (χ3v) is 7.21. The summed E-state index contributed by atoms with van der Waals surface area (Å²) in [5.74, 6) is -0.0957. The number of carbonyl (C=O) groups is 1. The Morgan fingerprint density at radius 2 is 1.59 bits per heavy atom. The van der Waals surface area contributed by atoms with Gasteiger partial charge in [0.15, 0.2) is 0 Å². The van der Waals surface area contributed by atoms with Crippen molar-refractivity contribution in [3.63, 3.8) is 0 Å². The summed E-state index contributed by atoms with van der Waals surface area (Å²) >= 11 is 0. The highest BCUT2D eigenvalue weighted by Crippen LogP contribution is 2.23. The van der Waals surface area contributed by atoms with Crippen molar-refractivity contribution in [1.29, 1.82) is 0 Å². The lowest BCUT2D eigenvalue weighted by molar-refractivity contribution is 0.0644. The number of rotatable bonds is 5. The van der Waals surface area contributed by atoms with Gasteiger partial charge in [0, 0.05) is 30.4 Å². The van der Waals surface area contributed by atoms with Gasteiger partial charge in [-0.15, -0.1) is 0 Å². The number of carbonyl (C=O) groups excluding carboxylic acids is 1. The number of likely N-dealkylation sites (tertiary alicyclic amines) is 2. The first-order valence-corrected chi connectivity index (χ1v) is 11.7. The van der Waals surface area contributed by atoms with E-state index in [9.17, 15) is 13.2 Å². The topological polar surface area (TPSA) is 69.7 Å². The number of sulfonamides is 1. The molecule has 1 N–H and O–H groups in total. The fourth-order valence-electron chi connectivity index (χ4n) is 4.24. The van der Waals surface area contributed by atoms with Crippen molar-refractivity contribution >= 4 is 21.6 Å². The summed E-state index contributed by atoms with van der Waals surface area (Å²) in [5.41, 5.74) is 0.911. The summed E-state index contributed by atoms with van der Waals surface area (Å²) in [6, 6.07) is 15.6. The zero-order chi connectivity index (χ0) is 20.3. The third kappa shape index (κ3) is 4.62. The van der Waals surface area contributed by atoms with Crippen molar-refractivity contribution < 1.29 is 13.2 Å². The van der Waals surface area contributed by atoms with Gasteiger partial charge in [-0.25, -0.2) is 8.42 Å². The van der Waals surface area contributed by atoms with Gasteiger partial charge in [-0.1, -0.05) is 24.3 Å². The predicted molar refractivity (Wildman–Crippen MR) is 113 cm³/mol. The molecule has 0 aromatic heterocycles. The molecule has 0 spiro atoms. The van der Waals surface area contributed by atoms with E-state index in [1.54, 1.807) is 36.4 Å². The highest BCUT2D eigenvalue weighted by atomic mass is 32.2. The van der Waals surface area contributed by atoms with Crippen molar-refractivity contribution in [1.82, 2.24) is 9.80 Å². The molecule has 29 heavy (non-hydrogen) atoms. The quantitative estimate of drug-likeness (QED) is 0.817. The normalized spacial score (nSPS) is 18.7. The van der Waals surface area contributed by atoms with Crippen molar-refractivity contribution in [2.75, 3.05) is 30.9 Å². The van der Waals surface area contributed by atoms with E-state index in [1.807, 2.05) is 11.0 Å². The second-order valence-corrected chi connectivity index (χ2v) is 9.45. The maximum Gasteiger partial charge on any atom is 0.261 e. The first-order valence-electron chi connectivity index (χ1n) is 10.2. The smallest absolute Gasteiger partial charge is 0.261 e. The van der Waals surface area contributed by atoms with E-state index < -0.39 is 10.0 Å². The summed E-state index contributed by atoms with van der Waals surface area (Å²) in [5, 5.41) is 0. The number of piperidine rings is 1. The fraction of sp³-hybridized carbons (Fsp3) is 0.409. The molecule has 4 rings (SSSR count). The predicted octanol–water partition coefficient (Wildman–Crippen LogP) is 3.19. The molecule has 2 aliphatic rings. The van der Waals surface area contributed by atoms with Gasteiger partial charge in [0.2, 0.25) is 0 Å². The molecular formula is C22H27N3O3S. The van der Waals surface area contributed by atoms with Crippen molar-refractivity contribution in [3.8, 4) is 0 Å². The highest BCUT2D eigenvalue weighted by molar-refractivity contribution is 7.92. The molecule has 2 aromatic rings. The van der Waals surface area contributed by atoms with Crippen LogP contribution in [-0.4, -0.2) is 56.3 Å². The van der Waals surface area contributed by atoms with Crippen LogP contribution in [0.15, 0.2) is 59.5 Å². The molecule has 0 aliphatic carbocycles. The number of nitrogens with one attached hydrogen (secondary N) is 1. The van der Waals surface area contributed by atoms with Crippen LogP contribution in [0.5, 0.6) is 0 Å². The molecule has 2 heterocycles. The maximum absolute atomic E-state index is 13.0. The molecule has 2 saturated heterocycles. The number of hydrogen-bond donors (Lipinski definition) is 1. The lowest BCUT2D eigenvalue weighted by Gasteiger charge is -2.36. The number of para-hydroxylation sites is 1. The van der Waals surface area contributed by atoms with Crippen LogP contribution in [0.1, 0.15) is 36.0 Å². The van der Waals surface area contributed by atoms with Gasteiger partial charge in [0.25, 0.3) is 15.9 Å². The standard InChI is InChI=1S/C22H27N3O3S/c26-22(25-15-11-20(12-16-25)24-13-4-5-14-24)18-7-6-10-21(17-18)29(27,28)23-19-8-2-1-3-9-19/h1-3,6-10,17,20,23H,4-5,11-16H2. The SMILES string of the molecule is O=C(c1cccc(S(=O)(=O)Nc2ccccc2)c1)N1CCC(N2CCCC2)CC1. The van der Waals surface area contributed by atoms with Crippen LogP contribution in [-0.2, 0) is 10.0 Å². The molecule has 2 aromatic carbocycles. The molecule has 0 bridgehead atoms. The Morgan fingerprint density at radius 1 is 0.897 bits per heavy atom. The number of nitrogens with zero attached hydrogens (tertiary/aromatic N) is 2. The second-order valence-electron chi connectivity index (χ2n) is 7.77. The molecule has 6 nitrogen and oxygen atoms in total. The molecule has 0 atom stereocenters. The molecular weight excluding hydrogens is 386 g/mol. The monoisotopic (exact) mass is 413 g/mol. The van der Waals surface area contributed by atoms with E-state index in [0.717, 1.165) is 25.9 Å². The van der Waals surface area contributed by atoms with E-state index in [0.29, 0.717) is 17.3 Å². The zero-order valence-electron chi connectivity index (χ0n) is 16.5. The summed E-state index contributed by atoms with van der Waals surface area (Å²) in [7, 11) is -3.75. The first kappa shape index (κ1) is 19.9. The third-order valence-electron chi connectivity index (χ3n) is 5.83. The van der Waals surface area contributed by atoms with Crippen LogP contribution in [0.25, 0.3) is 0 Å². The lowest BCUT2D eigenvalue weighted by atomic mass is 10.0. The summed E-state index contributed by atoms with van der Waals surface area (Å²) in [6.07, 6.45) is 4.52. The van der Waals surface area contributed by atoms with Crippen LogP contribution in [0, 0.1) is 0 Å². The number of anilines is 1. The molecule has 7 heteroatoms. The molecule has 0 radical (unpaired) electrons. The van der Waals surface area contributed by atoms with Gasteiger partial charge < -0.3 is 9.80 Å². The summed E-state index contributed by atoms with van der Waals surface area (Å²) in [6.45, 7) is 3.79. The Hall–Kier alpha value is -2.38. The van der Waals surface area contributed by atoms with E-state index in [4.69, 9.17) is 0 Å². The van der Waals surface area contributed by atoms with E-state index in [-0.39, 0.29) is 10.8 Å². The summed E-state index contributed by atoms with van der Waals surface area (Å²) in [4.78, 5) is 17.5. The second kappa shape index (κ2) is 8.55. The van der Waals surface area contributed by atoms with Crippen LogP contribution < -0.4 is 4.72 Å². The van der Waals surface area contributed by atoms with Gasteiger partial charge in [-0.2, -0.15) is 0 Å². The first-order chi connectivity index (χ1) is 14.0.